The molecule has 0 radical (unpaired) electrons. The highest BCUT2D eigenvalue weighted by Gasteiger charge is 1.94. The maximum Gasteiger partial charge on any atom is 0.115 e. The molecule has 0 unspecified atom stereocenters. The van der Waals surface area contributed by atoms with Crippen LogP contribution in [0.4, 0.5) is 0 Å². The fourth-order valence-electron chi connectivity index (χ4n) is 0.554. The normalized spacial score (nSPS) is 11.1. The Balaban J connectivity index is 3.69. The molecule has 11 heavy (non-hydrogen) atoms. The van der Waals surface area contributed by atoms with Gasteiger partial charge in [-0.25, -0.2) is 0 Å². The summed E-state index contributed by atoms with van der Waals surface area (Å²) in [7, 11) is 0. The van der Waals surface area contributed by atoms with E-state index in [9.17, 15) is 0 Å². The molecule has 0 heterocycles. The molecule has 0 aromatic rings. The van der Waals surface area contributed by atoms with Crippen molar-refractivity contribution in [2.45, 2.75) is 25.9 Å². The van der Waals surface area contributed by atoms with E-state index in [1.807, 2.05) is 6.92 Å². The van der Waals surface area contributed by atoms with Gasteiger partial charge in [0.05, 0.1) is 0 Å². The summed E-state index contributed by atoms with van der Waals surface area (Å²) in [6.07, 6.45) is 2.69. The standard InChI is InChI=1S/C10H14O/c1-4-5-6-10(11)8-7-9(2)3/h4,10-11H,1-2,5-6H2,3H3/t10-/m0/s1. The summed E-state index contributed by atoms with van der Waals surface area (Å²) < 4.78 is 0. The minimum absolute atomic E-state index is 0.537. The maximum absolute atomic E-state index is 9.17. The Hall–Kier alpha value is -1.00. The van der Waals surface area contributed by atoms with E-state index in [-0.39, 0.29) is 0 Å². The number of allylic oxidation sites excluding steroid dienone is 2. The van der Waals surface area contributed by atoms with Gasteiger partial charge >= 0.3 is 0 Å². The lowest BCUT2D eigenvalue weighted by Crippen LogP contribution is -2.01. The number of hydrogen-bond donors (Lipinski definition) is 1. The molecule has 0 saturated heterocycles. The first-order valence-electron chi connectivity index (χ1n) is 3.63. The monoisotopic (exact) mass is 150 g/mol. The second-order valence-corrected chi connectivity index (χ2v) is 2.43. The van der Waals surface area contributed by atoms with Gasteiger partial charge in [-0.15, -0.1) is 6.58 Å². The van der Waals surface area contributed by atoms with Crippen LogP contribution in [0.5, 0.6) is 0 Å². The van der Waals surface area contributed by atoms with Gasteiger partial charge < -0.3 is 5.11 Å². The van der Waals surface area contributed by atoms with E-state index in [1.54, 1.807) is 6.08 Å². The highest BCUT2D eigenvalue weighted by molar-refractivity contribution is 5.24. The molecule has 0 saturated carbocycles. The largest absolute Gasteiger partial charge is 0.380 e. The molecule has 0 aliphatic heterocycles. The Morgan fingerprint density at radius 2 is 2.36 bits per heavy atom. The summed E-state index contributed by atoms with van der Waals surface area (Å²) >= 11 is 0. The van der Waals surface area contributed by atoms with E-state index < -0.39 is 6.10 Å². The van der Waals surface area contributed by atoms with Gasteiger partial charge in [0.1, 0.15) is 6.10 Å². The third kappa shape index (κ3) is 6.89. The van der Waals surface area contributed by atoms with Crippen LogP contribution in [-0.4, -0.2) is 11.2 Å². The quantitative estimate of drug-likeness (QED) is 0.481. The van der Waals surface area contributed by atoms with Gasteiger partial charge in [-0.2, -0.15) is 0 Å². The van der Waals surface area contributed by atoms with Gasteiger partial charge in [0.2, 0.25) is 0 Å². The molecule has 0 aromatic carbocycles. The summed E-state index contributed by atoms with van der Waals surface area (Å²) in [6.45, 7) is 8.97. The summed E-state index contributed by atoms with van der Waals surface area (Å²) in [6, 6.07) is 0. The lowest BCUT2D eigenvalue weighted by Gasteiger charge is -1.97. The zero-order chi connectivity index (χ0) is 8.69. The lowest BCUT2D eigenvalue weighted by molar-refractivity contribution is 0.223. The Morgan fingerprint density at radius 3 is 2.82 bits per heavy atom. The van der Waals surface area contributed by atoms with Crippen LogP contribution in [0.2, 0.25) is 0 Å². The molecule has 60 valence electrons. The second kappa shape index (κ2) is 5.76. The average Bonchev–Trinajstić information content (AvgIpc) is 1.97. The predicted molar refractivity (Wildman–Crippen MR) is 48.0 cm³/mol. The highest BCUT2D eigenvalue weighted by Crippen LogP contribution is 1.95. The van der Waals surface area contributed by atoms with E-state index >= 15 is 0 Å². The Labute approximate surface area is 68.4 Å². The predicted octanol–water partition coefficient (Wildman–Crippen LogP) is 1.89. The van der Waals surface area contributed by atoms with Crippen molar-refractivity contribution in [1.29, 1.82) is 0 Å². The van der Waals surface area contributed by atoms with Gasteiger partial charge in [0, 0.05) is 0 Å². The number of aliphatic hydroxyl groups is 1. The molecule has 0 amide bonds. The highest BCUT2D eigenvalue weighted by atomic mass is 16.3. The van der Waals surface area contributed by atoms with E-state index in [0.717, 1.165) is 12.0 Å². The lowest BCUT2D eigenvalue weighted by atomic mass is 10.2. The summed E-state index contributed by atoms with van der Waals surface area (Å²) in [5.74, 6) is 5.40. The number of rotatable bonds is 3. The van der Waals surface area contributed by atoms with Gasteiger partial charge in [0.25, 0.3) is 0 Å². The fraction of sp³-hybridized carbons (Fsp3) is 0.400. The molecule has 1 atom stereocenters. The van der Waals surface area contributed by atoms with Crippen LogP contribution < -0.4 is 0 Å². The van der Waals surface area contributed by atoms with Crippen molar-refractivity contribution in [2.24, 2.45) is 0 Å². The van der Waals surface area contributed by atoms with Crippen LogP contribution in [0.1, 0.15) is 19.8 Å². The van der Waals surface area contributed by atoms with Crippen molar-refractivity contribution in [3.05, 3.63) is 24.8 Å². The summed E-state index contributed by atoms with van der Waals surface area (Å²) in [5.41, 5.74) is 0.780. The molecule has 1 nitrogen and oxygen atoms in total. The van der Waals surface area contributed by atoms with Crippen molar-refractivity contribution in [3.63, 3.8) is 0 Å². The Kier molecular flexibility index (Phi) is 5.24. The molecule has 0 bridgehead atoms. The Morgan fingerprint density at radius 1 is 1.73 bits per heavy atom. The first-order chi connectivity index (χ1) is 5.16. The summed E-state index contributed by atoms with van der Waals surface area (Å²) in [4.78, 5) is 0. The van der Waals surface area contributed by atoms with E-state index in [4.69, 9.17) is 5.11 Å². The molecule has 0 aliphatic carbocycles. The van der Waals surface area contributed by atoms with E-state index in [2.05, 4.69) is 25.0 Å². The minimum Gasteiger partial charge on any atom is -0.380 e. The molecular formula is C10H14O. The van der Waals surface area contributed by atoms with Crippen LogP contribution in [0.15, 0.2) is 24.8 Å². The maximum atomic E-state index is 9.17. The second-order valence-electron chi connectivity index (χ2n) is 2.43. The third-order valence-corrected chi connectivity index (χ3v) is 1.10. The van der Waals surface area contributed by atoms with Crippen molar-refractivity contribution in [2.75, 3.05) is 0 Å². The third-order valence-electron chi connectivity index (χ3n) is 1.10. The zero-order valence-corrected chi connectivity index (χ0v) is 6.93. The van der Waals surface area contributed by atoms with Crippen LogP contribution in [-0.2, 0) is 0 Å². The SMILES string of the molecule is C=CCC[C@H](O)C#CC(=C)C. The Bertz CT molecular complexity index is 193. The average molecular weight is 150 g/mol. The number of aliphatic hydroxyl groups excluding tert-OH is 1. The molecular weight excluding hydrogens is 136 g/mol. The topological polar surface area (TPSA) is 20.2 Å². The van der Waals surface area contributed by atoms with Crippen molar-refractivity contribution >= 4 is 0 Å². The first kappa shape index (κ1) is 10.0. The molecule has 0 spiro atoms. The molecule has 0 rings (SSSR count). The van der Waals surface area contributed by atoms with Crippen LogP contribution in [0, 0.1) is 11.8 Å². The van der Waals surface area contributed by atoms with E-state index in [1.165, 1.54) is 0 Å². The van der Waals surface area contributed by atoms with Gasteiger partial charge in [-0.1, -0.05) is 24.5 Å². The van der Waals surface area contributed by atoms with Crippen LogP contribution in [0.25, 0.3) is 0 Å². The van der Waals surface area contributed by atoms with Crippen LogP contribution in [0.3, 0.4) is 0 Å². The van der Waals surface area contributed by atoms with Gasteiger partial charge in [-0.3, -0.25) is 0 Å². The van der Waals surface area contributed by atoms with Gasteiger partial charge in [0.15, 0.2) is 0 Å². The fourth-order valence-corrected chi connectivity index (χ4v) is 0.554. The van der Waals surface area contributed by atoms with Crippen LogP contribution >= 0.6 is 0 Å². The molecule has 1 N–H and O–H groups in total. The van der Waals surface area contributed by atoms with Crippen molar-refractivity contribution in [3.8, 4) is 11.8 Å². The molecule has 0 aliphatic rings. The van der Waals surface area contributed by atoms with Gasteiger partial charge in [-0.05, 0) is 25.3 Å². The number of hydrogen-bond acceptors (Lipinski definition) is 1. The van der Waals surface area contributed by atoms with Crippen molar-refractivity contribution in [1.82, 2.24) is 0 Å². The first-order valence-corrected chi connectivity index (χ1v) is 3.63. The van der Waals surface area contributed by atoms with E-state index in [0.29, 0.717) is 6.42 Å². The minimum atomic E-state index is -0.537. The zero-order valence-electron chi connectivity index (χ0n) is 6.93. The molecule has 0 fully saturated rings. The smallest absolute Gasteiger partial charge is 0.115 e. The van der Waals surface area contributed by atoms with Crippen molar-refractivity contribution < 1.29 is 5.11 Å². The molecule has 1 heteroatoms. The molecule has 0 aromatic heterocycles. The summed E-state index contributed by atoms with van der Waals surface area (Å²) in [5, 5.41) is 9.17.